The lowest BCUT2D eigenvalue weighted by molar-refractivity contribution is -0.384. The fourth-order valence-electron chi connectivity index (χ4n) is 4.07. The number of nitro groups is 1. The molecule has 4 rings (SSSR count). The minimum absolute atomic E-state index is 0.159. The van der Waals surface area contributed by atoms with E-state index in [0.717, 1.165) is 25.1 Å². The molecule has 0 spiro atoms. The lowest BCUT2D eigenvalue weighted by Gasteiger charge is -2.22. The molecule has 2 aromatic carbocycles. The van der Waals surface area contributed by atoms with Gasteiger partial charge in [0, 0.05) is 55.6 Å². The van der Waals surface area contributed by atoms with Crippen LogP contribution in [-0.2, 0) is 6.54 Å². The number of benzene rings is 2. The number of carbonyl (C=O) groups is 1. The number of para-hydroxylation sites is 2. The van der Waals surface area contributed by atoms with Crippen LogP contribution in [0, 0.1) is 17.0 Å². The molecule has 1 saturated heterocycles. The summed E-state index contributed by atoms with van der Waals surface area (Å²) in [5.41, 5.74) is 0.837. The smallest absolute Gasteiger partial charge is 0.294 e. The van der Waals surface area contributed by atoms with E-state index < -0.39 is 16.3 Å². The first kappa shape index (κ1) is 23.6. The van der Waals surface area contributed by atoms with Crippen molar-refractivity contribution in [2.45, 2.75) is 19.9 Å². The van der Waals surface area contributed by atoms with E-state index in [1.54, 1.807) is 24.0 Å². The highest BCUT2D eigenvalue weighted by molar-refractivity contribution is 6.30. The van der Waals surface area contributed by atoms with Crippen LogP contribution in [-0.4, -0.2) is 56.6 Å². The molecule has 1 fully saturated rings. The van der Waals surface area contributed by atoms with Gasteiger partial charge in [0.2, 0.25) is 5.43 Å². The van der Waals surface area contributed by atoms with Gasteiger partial charge < -0.3 is 4.90 Å². The number of nitro benzene ring substituents is 1. The molecule has 0 unspecified atom stereocenters. The maximum atomic E-state index is 13.3. The molecule has 176 valence electrons. The monoisotopic (exact) mass is 481 g/mol. The van der Waals surface area contributed by atoms with Crippen LogP contribution in [0.5, 0.6) is 0 Å². The molecular formula is C24H24ClN5O4. The Hall–Kier alpha value is -3.56. The molecule has 0 aliphatic carbocycles. The molecule has 1 aliphatic rings. The second-order valence-corrected chi connectivity index (χ2v) is 8.64. The van der Waals surface area contributed by atoms with Crippen molar-refractivity contribution in [3.05, 3.63) is 96.9 Å². The van der Waals surface area contributed by atoms with Crippen molar-refractivity contribution in [3.63, 3.8) is 0 Å². The third kappa shape index (κ3) is 5.16. The lowest BCUT2D eigenvalue weighted by atomic mass is 10.2. The molecule has 0 bridgehead atoms. The highest BCUT2D eigenvalue weighted by Gasteiger charge is 2.25. The zero-order valence-corrected chi connectivity index (χ0v) is 19.4. The fraction of sp³-hybridized carbons (Fsp3) is 0.292. The normalized spacial score (nSPS) is 14.6. The number of hydrogen-bond acceptors (Lipinski definition) is 6. The van der Waals surface area contributed by atoms with Crippen LogP contribution in [0.2, 0.25) is 5.02 Å². The van der Waals surface area contributed by atoms with Gasteiger partial charge in [-0.05, 0) is 37.1 Å². The second-order valence-electron chi connectivity index (χ2n) is 8.20. The summed E-state index contributed by atoms with van der Waals surface area (Å²) < 4.78 is 1.29. The number of hydrogen-bond donors (Lipinski definition) is 0. The van der Waals surface area contributed by atoms with Gasteiger partial charge in [-0.25, -0.2) is 4.68 Å². The van der Waals surface area contributed by atoms with Gasteiger partial charge in [0.1, 0.15) is 5.69 Å². The summed E-state index contributed by atoms with van der Waals surface area (Å²) in [6.07, 6.45) is 0.754. The Morgan fingerprint density at radius 3 is 2.56 bits per heavy atom. The number of aryl methyl sites for hydroxylation is 1. The van der Waals surface area contributed by atoms with Crippen molar-refractivity contribution in [1.82, 2.24) is 19.6 Å². The molecule has 1 aliphatic heterocycles. The van der Waals surface area contributed by atoms with E-state index in [-0.39, 0.29) is 17.1 Å². The largest absolute Gasteiger partial charge is 0.336 e. The summed E-state index contributed by atoms with van der Waals surface area (Å²) in [5, 5.41) is 16.4. The number of aromatic nitrogens is 2. The Balaban J connectivity index is 1.55. The van der Waals surface area contributed by atoms with E-state index in [4.69, 9.17) is 11.6 Å². The highest BCUT2D eigenvalue weighted by Crippen LogP contribution is 2.22. The molecule has 34 heavy (non-hydrogen) atoms. The van der Waals surface area contributed by atoms with E-state index in [1.807, 2.05) is 24.3 Å². The first-order valence-electron chi connectivity index (χ1n) is 10.9. The highest BCUT2D eigenvalue weighted by atomic mass is 35.5. The fourth-order valence-corrected chi connectivity index (χ4v) is 4.19. The average molecular weight is 482 g/mol. The Morgan fingerprint density at radius 2 is 1.82 bits per heavy atom. The van der Waals surface area contributed by atoms with Crippen LogP contribution >= 0.6 is 11.6 Å². The third-order valence-corrected chi connectivity index (χ3v) is 6.06. The van der Waals surface area contributed by atoms with Gasteiger partial charge in [-0.3, -0.25) is 24.6 Å². The van der Waals surface area contributed by atoms with Crippen molar-refractivity contribution in [2.75, 3.05) is 26.2 Å². The lowest BCUT2D eigenvalue weighted by Crippen LogP contribution is -2.38. The van der Waals surface area contributed by atoms with Gasteiger partial charge in [-0.15, -0.1) is 0 Å². The van der Waals surface area contributed by atoms with Gasteiger partial charge in [0.15, 0.2) is 5.69 Å². The number of rotatable bonds is 5. The van der Waals surface area contributed by atoms with Crippen LogP contribution < -0.4 is 5.43 Å². The molecule has 0 radical (unpaired) electrons. The first-order valence-corrected chi connectivity index (χ1v) is 11.3. The van der Waals surface area contributed by atoms with E-state index in [1.165, 1.54) is 22.9 Å². The summed E-state index contributed by atoms with van der Waals surface area (Å²) >= 11 is 5.97. The Bertz CT molecular complexity index is 1280. The van der Waals surface area contributed by atoms with E-state index in [9.17, 15) is 19.7 Å². The van der Waals surface area contributed by atoms with Gasteiger partial charge in [-0.2, -0.15) is 5.10 Å². The Labute approximate surface area is 201 Å². The van der Waals surface area contributed by atoms with Gasteiger partial charge in [-0.1, -0.05) is 35.9 Å². The standard InChI is InChI=1S/C24H24ClN5O4/c1-17-15-22(31)23(26-29(17)20-5-2-3-6-21(20)30(33)34)24(32)28-12-4-11-27(13-14-28)16-18-7-9-19(25)10-8-18/h2-3,5-10,15H,4,11-14,16H2,1H3. The molecule has 3 aromatic rings. The van der Waals surface area contributed by atoms with E-state index >= 15 is 0 Å². The van der Waals surface area contributed by atoms with Gasteiger partial charge in [0.25, 0.3) is 11.6 Å². The number of nitrogens with zero attached hydrogens (tertiary/aromatic N) is 5. The average Bonchev–Trinajstić information content (AvgIpc) is 3.06. The topological polar surface area (TPSA) is 102 Å². The predicted molar refractivity (Wildman–Crippen MR) is 128 cm³/mol. The molecule has 0 saturated carbocycles. The minimum atomic E-state index is -0.514. The molecule has 10 heteroatoms. The van der Waals surface area contributed by atoms with Crippen LogP contribution in [0.3, 0.4) is 0 Å². The van der Waals surface area contributed by atoms with Crippen molar-refractivity contribution in [3.8, 4) is 5.69 Å². The summed E-state index contributed by atoms with van der Waals surface area (Å²) in [7, 11) is 0. The van der Waals surface area contributed by atoms with Crippen LogP contribution in [0.15, 0.2) is 59.4 Å². The molecule has 2 heterocycles. The summed E-state index contributed by atoms with van der Waals surface area (Å²) in [5.74, 6) is -0.467. The zero-order chi connectivity index (χ0) is 24.2. The molecular weight excluding hydrogens is 458 g/mol. The third-order valence-electron chi connectivity index (χ3n) is 5.81. The molecule has 0 atom stereocenters. The van der Waals surface area contributed by atoms with E-state index in [2.05, 4.69) is 10.00 Å². The van der Waals surface area contributed by atoms with E-state index in [0.29, 0.717) is 30.4 Å². The van der Waals surface area contributed by atoms with Crippen molar-refractivity contribution in [1.29, 1.82) is 0 Å². The van der Waals surface area contributed by atoms with Crippen molar-refractivity contribution < 1.29 is 9.72 Å². The van der Waals surface area contributed by atoms with Gasteiger partial charge >= 0.3 is 0 Å². The zero-order valence-electron chi connectivity index (χ0n) is 18.7. The van der Waals surface area contributed by atoms with Crippen molar-refractivity contribution >= 4 is 23.2 Å². The maximum absolute atomic E-state index is 13.3. The number of amides is 1. The number of halogens is 1. The summed E-state index contributed by atoms with van der Waals surface area (Å²) in [4.78, 5) is 40.8. The first-order chi connectivity index (χ1) is 16.3. The molecule has 1 aromatic heterocycles. The number of carbonyl (C=O) groups excluding carboxylic acids is 1. The van der Waals surface area contributed by atoms with Crippen LogP contribution in [0.25, 0.3) is 5.69 Å². The van der Waals surface area contributed by atoms with Crippen LogP contribution in [0.1, 0.15) is 28.2 Å². The van der Waals surface area contributed by atoms with Gasteiger partial charge in [0.05, 0.1) is 4.92 Å². The SMILES string of the molecule is Cc1cc(=O)c(C(=O)N2CCCN(Cc3ccc(Cl)cc3)CC2)nn1-c1ccccc1[N+](=O)[O-]. The van der Waals surface area contributed by atoms with Crippen LogP contribution in [0.4, 0.5) is 5.69 Å². The Morgan fingerprint density at radius 1 is 1.09 bits per heavy atom. The second kappa shape index (κ2) is 10.1. The summed E-state index contributed by atoms with van der Waals surface area (Å²) in [6, 6.07) is 15.1. The molecule has 1 amide bonds. The predicted octanol–water partition coefficient (Wildman–Crippen LogP) is 3.45. The Kier molecular flexibility index (Phi) is 7.04. The molecule has 9 nitrogen and oxygen atoms in total. The molecule has 0 N–H and O–H groups in total. The maximum Gasteiger partial charge on any atom is 0.294 e. The quantitative estimate of drug-likeness (QED) is 0.408. The van der Waals surface area contributed by atoms with Crippen molar-refractivity contribution in [2.24, 2.45) is 0 Å². The minimum Gasteiger partial charge on any atom is -0.336 e. The summed E-state index contributed by atoms with van der Waals surface area (Å²) in [6.45, 7) is 4.78.